The third kappa shape index (κ3) is 3.97. The van der Waals surface area contributed by atoms with Crippen molar-refractivity contribution in [2.75, 3.05) is 6.61 Å². The van der Waals surface area contributed by atoms with Gasteiger partial charge in [0, 0.05) is 0 Å². The van der Waals surface area contributed by atoms with Crippen LogP contribution in [-0.2, 0) is 6.42 Å². The van der Waals surface area contributed by atoms with E-state index >= 15 is 0 Å². The van der Waals surface area contributed by atoms with Crippen LogP contribution in [0.4, 0.5) is 0 Å². The number of nitrogens with one attached hydrogen (secondary N) is 1. The van der Waals surface area contributed by atoms with Crippen molar-refractivity contribution in [2.45, 2.75) is 12.5 Å². The van der Waals surface area contributed by atoms with E-state index in [9.17, 15) is 20.1 Å². The molecular formula is C16H17NO4. The predicted molar refractivity (Wildman–Crippen MR) is 78.3 cm³/mol. The van der Waals surface area contributed by atoms with Gasteiger partial charge in [0.15, 0.2) is 0 Å². The number of carbonyl (C=O) groups excluding carboxylic acids is 1. The molecule has 0 aliphatic rings. The molecule has 0 aliphatic carbocycles. The summed E-state index contributed by atoms with van der Waals surface area (Å²) in [6.07, 6.45) is 0.475. The summed E-state index contributed by atoms with van der Waals surface area (Å²) in [5.74, 6) is -0.873. The zero-order valence-electron chi connectivity index (χ0n) is 11.4. The van der Waals surface area contributed by atoms with Crippen molar-refractivity contribution in [3.05, 3.63) is 59.7 Å². The van der Waals surface area contributed by atoms with Crippen LogP contribution in [-0.4, -0.2) is 33.9 Å². The molecule has 2 aromatic rings. The third-order valence-electron chi connectivity index (χ3n) is 3.11. The van der Waals surface area contributed by atoms with Crippen molar-refractivity contribution in [3.63, 3.8) is 0 Å². The Labute approximate surface area is 122 Å². The summed E-state index contributed by atoms with van der Waals surface area (Å²) < 4.78 is 0. The van der Waals surface area contributed by atoms with Crippen molar-refractivity contribution in [1.29, 1.82) is 0 Å². The molecule has 21 heavy (non-hydrogen) atoms. The Bertz CT molecular complexity index is 613. The second-order valence-electron chi connectivity index (χ2n) is 4.74. The molecule has 0 bridgehead atoms. The Hall–Kier alpha value is -2.53. The van der Waals surface area contributed by atoms with Gasteiger partial charge in [0.2, 0.25) is 0 Å². The molecule has 0 aromatic heterocycles. The molecule has 4 N–H and O–H groups in total. The molecular weight excluding hydrogens is 270 g/mol. The number of hydrogen-bond donors (Lipinski definition) is 4. The van der Waals surface area contributed by atoms with Gasteiger partial charge in [-0.3, -0.25) is 4.79 Å². The molecule has 5 heteroatoms. The number of amides is 1. The van der Waals surface area contributed by atoms with Crippen LogP contribution in [0.15, 0.2) is 48.5 Å². The topological polar surface area (TPSA) is 89.8 Å². The fourth-order valence-electron chi connectivity index (χ4n) is 2.03. The SMILES string of the molecule is O=C(N[C@H](CO)Cc1ccccc1)c1cc(O)ccc1O. The zero-order chi connectivity index (χ0) is 15.2. The minimum atomic E-state index is -0.543. The second-order valence-corrected chi connectivity index (χ2v) is 4.74. The van der Waals surface area contributed by atoms with Crippen LogP contribution in [0.5, 0.6) is 11.5 Å². The standard InChI is InChI=1S/C16H17NO4/c18-10-12(8-11-4-2-1-3-5-11)17-16(21)14-9-13(19)6-7-15(14)20/h1-7,9,12,18-20H,8,10H2,(H,17,21)/t12-/m0/s1. The maximum atomic E-state index is 12.1. The molecule has 0 aliphatic heterocycles. The quantitative estimate of drug-likeness (QED) is 0.626. The first-order valence-electron chi connectivity index (χ1n) is 6.58. The minimum absolute atomic E-state index is 0.0264. The van der Waals surface area contributed by atoms with Crippen molar-refractivity contribution in [2.24, 2.45) is 0 Å². The van der Waals surface area contributed by atoms with Crippen molar-refractivity contribution < 1.29 is 20.1 Å². The zero-order valence-corrected chi connectivity index (χ0v) is 11.4. The lowest BCUT2D eigenvalue weighted by Crippen LogP contribution is -2.39. The molecule has 5 nitrogen and oxygen atoms in total. The maximum absolute atomic E-state index is 12.1. The molecule has 1 amide bonds. The highest BCUT2D eigenvalue weighted by Gasteiger charge is 2.17. The van der Waals surface area contributed by atoms with Crippen LogP contribution in [0.3, 0.4) is 0 Å². The number of phenolic OH excluding ortho intramolecular Hbond substituents is 2. The van der Waals surface area contributed by atoms with Crippen LogP contribution in [0, 0.1) is 0 Å². The summed E-state index contributed by atoms with van der Waals surface area (Å²) in [5, 5.41) is 31.0. The molecule has 110 valence electrons. The van der Waals surface area contributed by atoms with Gasteiger partial charge in [-0.05, 0) is 30.2 Å². The van der Waals surface area contributed by atoms with E-state index in [2.05, 4.69) is 5.32 Å². The van der Waals surface area contributed by atoms with Gasteiger partial charge in [-0.1, -0.05) is 30.3 Å². The van der Waals surface area contributed by atoms with E-state index < -0.39 is 11.9 Å². The number of benzene rings is 2. The van der Waals surface area contributed by atoms with E-state index in [1.807, 2.05) is 30.3 Å². The number of rotatable bonds is 5. The maximum Gasteiger partial charge on any atom is 0.255 e. The van der Waals surface area contributed by atoms with E-state index in [0.29, 0.717) is 6.42 Å². The van der Waals surface area contributed by atoms with E-state index in [0.717, 1.165) is 5.56 Å². The summed E-state index contributed by atoms with van der Waals surface area (Å²) in [4.78, 5) is 12.1. The molecule has 2 rings (SSSR count). The Morgan fingerprint density at radius 2 is 1.81 bits per heavy atom. The van der Waals surface area contributed by atoms with Crippen LogP contribution in [0.2, 0.25) is 0 Å². The molecule has 0 saturated heterocycles. The molecule has 0 unspecified atom stereocenters. The number of phenols is 2. The molecule has 1 atom stereocenters. The van der Waals surface area contributed by atoms with Crippen molar-refractivity contribution in [3.8, 4) is 11.5 Å². The van der Waals surface area contributed by atoms with Gasteiger partial charge in [0.1, 0.15) is 11.5 Å². The van der Waals surface area contributed by atoms with Gasteiger partial charge >= 0.3 is 0 Å². The fourth-order valence-corrected chi connectivity index (χ4v) is 2.03. The van der Waals surface area contributed by atoms with E-state index in [1.165, 1.54) is 18.2 Å². The molecule has 0 saturated carbocycles. The lowest BCUT2D eigenvalue weighted by molar-refractivity contribution is 0.0913. The number of aromatic hydroxyl groups is 2. The number of hydrogen-bond acceptors (Lipinski definition) is 4. The molecule has 2 aromatic carbocycles. The number of aliphatic hydroxyl groups excluding tert-OH is 1. The summed E-state index contributed by atoms with van der Waals surface area (Å²) >= 11 is 0. The van der Waals surface area contributed by atoms with Crippen molar-refractivity contribution in [1.82, 2.24) is 5.32 Å². The van der Waals surface area contributed by atoms with Crippen LogP contribution in [0.1, 0.15) is 15.9 Å². The average molecular weight is 287 g/mol. The lowest BCUT2D eigenvalue weighted by atomic mass is 10.1. The minimum Gasteiger partial charge on any atom is -0.508 e. The Morgan fingerprint density at radius 3 is 2.48 bits per heavy atom. The molecule has 0 spiro atoms. The third-order valence-corrected chi connectivity index (χ3v) is 3.11. The first kappa shape index (κ1) is 14.9. The first-order chi connectivity index (χ1) is 10.1. The first-order valence-corrected chi connectivity index (χ1v) is 6.58. The van der Waals surface area contributed by atoms with E-state index in [-0.39, 0.29) is 23.7 Å². The Morgan fingerprint density at radius 1 is 1.10 bits per heavy atom. The highest BCUT2D eigenvalue weighted by Crippen LogP contribution is 2.22. The highest BCUT2D eigenvalue weighted by atomic mass is 16.3. The summed E-state index contributed by atoms with van der Waals surface area (Å²) in [6, 6.07) is 12.7. The summed E-state index contributed by atoms with van der Waals surface area (Å²) in [7, 11) is 0. The van der Waals surface area contributed by atoms with Gasteiger partial charge < -0.3 is 20.6 Å². The van der Waals surface area contributed by atoms with Crippen molar-refractivity contribution >= 4 is 5.91 Å². The van der Waals surface area contributed by atoms with Gasteiger partial charge in [0.05, 0.1) is 18.2 Å². The predicted octanol–water partition coefficient (Wildman–Crippen LogP) is 1.43. The lowest BCUT2D eigenvalue weighted by Gasteiger charge is -2.17. The highest BCUT2D eigenvalue weighted by molar-refractivity contribution is 5.97. The van der Waals surface area contributed by atoms with Crippen LogP contribution < -0.4 is 5.32 Å². The van der Waals surface area contributed by atoms with E-state index in [4.69, 9.17) is 0 Å². The summed E-state index contributed by atoms with van der Waals surface area (Å²) in [5.41, 5.74) is 0.957. The monoisotopic (exact) mass is 287 g/mol. The number of aliphatic hydroxyl groups is 1. The molecule has 0 heterocycles. The van der Waals surface area contributed by atoms with Gasteiger partial charge in [-0.2, -0.15) is 0 Å². The average Bonchev–Trinajstić information content (AvgIpc) is 2.50. The largest absolute Gasteiger partial charge is 0.508 e. The Balaban J connectivity index is 2.07. The summed E-state index contributed by atoms with van der Waals surface area (Å²) in [6.45, 7) is -0.222. The second kappa shape index (κ2) is 6.76. The van der Waals surface area contributed by atoms with Gasteiger partial charge in [0.25, 0.3) is 5.91 Å². The van der Waals surface area contributed by atoms with Crippen LogP contribution in [0.25, 0.3) is 0 Å². The van der Waals surface area contributed by atoms with E-state index in [1.54, 1.807) is 0 Å². The smallest absolute Gasteiger partial charge is 0.255 e. The normalized spacial score (nSPS) is 11.9. The van der Waals surface area contributed by atoms with Gasteiger partial charge in [-0.25, -0.2) is 0 Å². The fraction of sp³-hybridized carbons (Fsp3) is 0.188. The molecule has 0 radical (unpaired) electrons. The van der Waals surface area contributed by atoms with Gasteiger partial charge in [-0.15, -0.1) is 0 Å². The molecule has 0 fully saturated rings. The Kier molecular flexibility index (Phi) is 4.79. The number of carbonyl (C=O) groups is 1. The van der Waals surface area contributed by atoms with Crippen LogP contribution >= 0.6 is 0 Å².